The number of carbonyl (C=O) groups is 1. The van der Waals surface area contributed by atoms with Crippen molar-refractivity contribution in [3.05, 3.63) is 100 Å². The molecular formula is C25H23N3O5S. The van der Waals surface area contributed by atoms with Gasteiger partial charge in [0.15, 0.2) is 0 Å². The van der Waals surface area contributed by atoms with Crippen molar-refractivity contribution in [1.29, 1.82) is 0 Å². The molecule has 1 amide bonds. The van der Waals surface area contributed by atoms with E-state index < -0.39 is 10.0 Å². The van der Waals surface area contributed by atoms with Crippen LogP contribution >= 0.6 is 0 Å². The fraction of sp³-hybridized carbons (Fsp3) is 0.120. The van der Waals surface area contributed by atoms with E-state index in [1.807, 2.05) is 0 Å². The number of amides is 1. The molecule has 3 N–H and O–H groups in total. The van der Waals surface area contributed by atoms with E-state index in [0.29, 0.717) is 40.7 Å². The van der Waals surface area contributed by atoms with Crippen LogP contribution in [0.3, 0.4) is 0 Å². The quantitative estimate of drug-likeness (QED) is 0.424. The molecule has 1 aromatic heterocycles. The van der Waals surface area contributed by atoms with E-state index in [0.717, 1.165) is 5.56 Å². The van der Waals surface area contributed by atoms with Gasteiger partial charge < -0.3 is 10.1 Å². The molecule has 0 radical (unpaired) electrons. The first-order chi connectivity index (χ1) is 16.3. The summed E-state index contributed by atoms with van der Waals surface area (Å²) in [6, 6.07) is 20.2. The summed E-state index contributed by atoms with van der Waals surface area (Å²) in [7, 11) is -2.21. The number of hydrogen-bond donors (Lipinski definition) is 2. The van der Waals surface area contributed by atoms with Gasteiger partial charge in [-0.05, 0) is 42.3 Å². The molecule has 0 spiro atoms. The predicted octanol–water partition coefficient (Wildman–Crippen LogP) is 2.62. The summed E-state index contributed by atoms with van der Waals surface area (Å²) in [5, 5.41) is 8.99. The van der Waals surface area contributed by atoms with Crippen molar-refractivity contribution in [3.8, 4) is 11.4 Å². The van der Waals surface area contributed by atoms with Crippen molar-refractivity contribution in [2.24, 2.45) is 5.14 Å². The Balaban J connectivity index is 1.61. The Labute approximate surface area is 196 Å². The van der Waals surface area contributed by atoms with Crippen LogP contribution in [0.4, 0.5) is 0 Å². The van der Waals surface area contributed by atoms with Gasteiger partial charge in [0, 0.05) is 29.6 Å². The van der Waals surface area contributed by atoms with Crippen LogP contribution in [-0.2, 0) is 16.4 Å². The average Bonchev–Trinajstić information content (AvgIpc) is 2.84. The zero-order valence-electron chi connectivity index (χ0n) is 18.4. The highest BCUT2D eigenvalue weighted by atomic mass is 32.2. The normalized spacial score (nSPS) is 11.4. The summed E-state index contributed by atoms with van der Waals surface area (Å²) >= 11 is 0. The first kappa shape index (κ1) is 23.2. The van der Waals surface area contributed by atoms with Crippen LogP contribution < -0.4 is 20.8 Å². The van der Waals surface area contributed by atoms with Crippen molar-refractivity contribution < 1.29 is 17.9 Å². The number of aromatic nitrogens is 1. The molecule has 0 aliphatic rings. The van der Waals surface area contributed by atoms with Crippen LogP contribution in [0.5, 0.6) is 5.75 Å². The topological polar surface area (TPSA) is 120 Å². The fourth-order valence-electron chi connectivity index (χ4n) is 3.69. The molecule has 34 heavy (non-hydrogen) atoms. The van der Waals surface area contributed by atoms with Crippen LogP contribution in [0.25, 0.3) is 16.5 Å². The Morgan fingerprint density at radius 2 is 1.71 bits per heavy atom. The van der Waals surface area contributed by atoms with E-state index in [4.69, 9.17) is 9.88 Å². The lowest BCUT2D eigenvalue weighted by Gasteiger charge is -2.13. The number of nitrogens with two attached hydrogens (primary N) is 1. The summed E-state index contributed by atoms with van der Waals surface area (Å²) in [4.78, 5) is 26.3. The van der Waals surface area contributed by atoms with Gasteiger partial charge in [-0.25, -0.2) is 13.6 Å². The van der Waals surface area contributed by atoms with Gasteiger partial charge in [0.1, 0.15) is 5.75 Å². The molecule has 9 heteroatoms. The van der Waals surface area contributed by atoms with E-state index in [9.17, 15) is 18.0 Å². The number of pyridine rings is 1. The average molecular weight is 478 g/mol. The van der Waals surface area contributed by atoms with Gasteiger partial charge in [-0.3, -0.25) is 14.2 Å². The SMILES string of the molecule is COc1cccc(-n2cc(C(=O)NCCc3ccc(S(N)(=O)=O)cc3)c3ccccc3c2=O)c1. The van der Waals surface area contributed by atoms with E-state index in [2.05, 4.69) is 5.32 Å². The van der Waals surface area contributed by atoms with E-state index >= 15 is 0 Å². The number of hydrogen-bond acceptors (Lipinski definition) is 5. The molecule has 0 saturated carbocycles. The molecule has 1 heterocycles. The molecule has 0 atom stereocenters. The van der Waals surface area contributed by atoms with Crippen LogP contribution in [0.15, 0.2) is 88.7 Å². The number of ether oxygens (including phenoxy) is 1. The van der Waals surface area contributed by atoms with Crippen LogP contribution in [0.1, 0.15) is 15.9 Å². The minimum absolute atomic E-state index is 0.0338. The molecule has 8 nitrogen and oxygen atoms in total. The van der Waals surface area contributed by atoms with Crippen molar-refractivity contribution in [2.75, 3.05) is 13.7 Å². The highest BCUT2D eigenvalue weighted by Gasteiger charge is 2.16. The van der Waals surface area contributed by atoms with Gasteiger partial charge in [-0.1, -0.05) is 36.4 Å². The summed E-state index contributed by atoms with van der Waals surface area (Å²) in [5.41, 5.74) is 1.55. The van der Waals surface area contributed by atoms with Crippen molar-refractivity contribution >= 4 is 26.7 Å². The second kappa shape index (κ2) is 9.50. The van der Waals surface area contributed by atoms with E-state index in [-0.39, 0.29) is 16.4 Å². The maximum atomic E-state index is 13.1. The second-order valence-corrected chi connectivity index (χ2v) is 9.22. The van der Waals surface area contributed by atoms with Gasteiger partial charge >= 0.3 is 0 Å². The molecule has 0 saturated heterocycles. The van der Waals surface area contributed by atoms with Crippen LogP contribution in [0, 0.1) is 0 Å². The summed E-state index contributed by atoms with van der Waals surface area (Å²) in [6.45, 7) is 0.320. The Morgan fingerprint density at radius 1 is 1.00 bits per heavy atom. The van der Waals surface area contributed by atoms with Crippen molar-refractivity contribution in [1.82, 2.24) is 9.88 Å². The number of nitrogens with one attached hydrogen (secondary N) is 1. The smallest absolute Gasteiger partial charge is 0.262 e. The maximum absolute atomic E-state index is 13.1. The lowest BCUT2D eigenvalue weighted by molar-refractivity contribution is 0.0955. The minimum atomic E-state index is -3.75. The number of rotatable bonds is 7. The standard InChI is InChI=1S/C25H23N3O5S/c1-33-19-6-4-5-18(15-19)28-16-23(21-7-2-3-8-22(21)25(28)30)24(29)27-14-13-17-9-11-20(12-10-17)34(26,31)32/h2-12,15-16H,13-14H2,1H3,(H,27,29)(H2,26,31,32). The lowest BCUT2D eigenvalue weighted by atomic mass is 10.1. The van der Waals surface area contributed by atoms with Crippen LogP contribution in [-0.4, -0.2) is 32.5 Å². The third-order valence-electron chi connectivity index (χ3n) is 5.45. The van der Waals surface area contributed by atoms with E-state index in [1.54, 1.807) is 67.8 Å². The Bertz CT molecular complexity index is 1530. The van der Waals surface area contributed by atoms with Gasteiger partial charge in [0.05, 0.1) is 23.3 Å². The second-order valence-electron chi connectivity index (χ2n) is 7.66. The summed E-state index contributed by atoms with van der Waals surface area (Å²) in [5.74, 6) is 0.269. The molecule has 3 aromatic carbocycles. The zero-order chi connectivity index (χ0) is 24.3. The molecule has 174 valence electrons. The van der Waals surface area contributed by atoms with Gasteiger partial charge in [0.25, 0.3) is 11.5 Å². The van der Waals surface area contributed by atoms with Crippen LogP contribution in [0.2, 0.25) is 0 Å². The highest BCUT2D eigenvalue weighted by Crippen LogP contribution is 2.20. The number of benzene rings is 3. The third-order valence-corrected chi connectivity index (χ3v) is 6.38. The molecule has 0 bridgehead atoms. The van der Waals surface area contributed by atoms with Crippen molar-refractivity contribution in [3.63, 3.8) is 0 Å². The Kier molecular flexibility index (Phi) is 6.49. The zero-order valence-corrected chi connectivity index (χ0v) is 19.2. The summed E-state index contributed by atoms with van der Waals surface area (Å²) in [6.07, 6.45) is 2.03. The molecule has 0 fully saturated rings. The molecule has 0 aliphatic heterocycles. The number of sulfonamides is 1. The molecule has 0 aliphatic carbocycles. The first-order valence-corrected chi connectivity index (χ1v) is 12.0. The van der Waals surface area contributed by atoms with Gasteiger partial charge in [0.2, 0.25) is 10.0 Å². The number of methoxy groups -OCH3 is 1. The van der Waals surface area contributed by atoms with Gasteiger partial charge in [-0.2, -0.15) is 0 Å². The Morgan fingerprint density at radius 3 is 2.38 bits per heavy atom. The third kappa shape index (κ3) is 4.85. The minimum Gasteiger partial charge on any atom is -0.497 e. The number of fused-ring (bicyclic) bond motifs is 1. The molecule has 4 aromatic rings. The maximum Gasteiger partial charge on any atom is 0.262 e. The van der Waals surface area contributed by atoms with Gasteiger partial charge in [-0.15, -0.1) is 0 Å². The molecule has 0 unspecified atom stereocenters. The molecular weight excluding hydrogens is 454 g/mol. The first-order valence-electron chi connectivity index (χ1n) is 10.5. The fourth-order valence-corrected chi connectivity index (χ4v) is 4.20. The molecule has 4 rings (SSSR count). The number of primary sulfonamides is 1. The highest BCUT2D eigenvalue weighted by molar-refractivity contribution is 7.89. The van der Waals surface area contributed by atoms with E-state index in [1.165, 1.54) is 22.9 Å². The summed E-state index contributed by atoms with van der Waals surface area (Å²) < 4.78 is 29.5. The van der Waals surface area contributed by atoms with Crippen molar-refractivity contribution in [2.45, 2.75) is 11.3 Å². The predicted molar refractivity (Wildman–Crippen MR) is 130 cm³/mol. The number of nitrogens with zero attached hydrogens (tertiary/aromatic N) is 1. The monoisotopic (exact) mass is 477 g/mol. The Hall–Kier alpha value is -3.95. The number of carbonyl (C=O) groups excluding carboxylic acids is 1. The lowest BCUT2D eigenvalue weighted by Crippen LogP contribution is -2.28. The largest absolute Gasteiger partial charge is 0.497 e.